The van der Waals surface area contributed by atoms with Gasteiger partial charge in [-0.1, -0.05) is 168 Å². The first-order valence-corrected chi connectivity index (χ1v) is 55.2. The maximum atomic E-state index is 12.6. The number of rotatable bonds is 34. The van der Waals surface area contributed by atoms with E-state index in [2.05, 4.69) is 46.1 Å². The molecule has 10 atom stereocenters. The first-order chi connectivity index (χ1) is 68.1. The zero-order valence-electron chi connectivity index (χ0n) is 89.6. The second-order valence-electron chi connectivity index (χ2n) is 44.5. The van der Waals surface area contributed by atoms with E-state index < -0.39 is 45.2 Å². The molecule has 0 radical (unpaired) electrons. The number of furan rings is 1. The van der Waals surface area contributed by atoms with Crippen molar-refractivity contribution in [2.45, 2.75) is 490 Å². The highest BCUT2D eigenvalue weighted by Gasteiger charge is 2.60. The predicted molar refractivity (Wildman–Crippen MR) is 550 cm³/mol. The summed E-state index contributed by atoms with van der Waals surface area (Å²) < 4.78 is 98.3. The van der Waals surface area contributed by atoms with Crippen LogP contribution >= 0.6 is 0 Å². The lowest BCUT2D eigenvalue weighted by molar-refractivity contribution is -0.206. The molecule has 1 aromatic rings. The lowest BCUT2D eigenvalue weighted by Crippen LogP contribution is -2.58. The summed E-state index contributed by atoms with van der Waals surface area (Å²) in [6.45, 7) is 44.9. The summed E-state index contributed by atoms with van der Waals surface area (Å²) in [5, 5.41) is 8.93. The summed E-state index contributed by atoms with van der Waals surface area (Å²) in [6.07, 6.45) is 61.8. The maximum absolute atomic E-state index is 12.6. The second kappa shape index (κ2) is 58.9. The number of methoxy groups -OCH3 is 3. The molecule has 0 bridgehead atoms. The first-order valence-electron chi connectivity index (χ1n) is 55.2. The van der Waals surface area contributed by atoms with Crippen molar-refractivity contribution in [1.82, 2.24) is 0 Å². The van der Waals surface area contributed by atoms with Crippen LogP contribution in [0.3, 0.4) is 0 Å². The number of ether oxygens (including phenoxy) is 16. The summed E-state index contributed by atoms with van der Waals surface area (Å²) in [4.78, 5) is 83.9. The highest BCUT2D eigenvalue weighted by molar-refractivity contribution is 5.89. The monoisotopic (exact) mass is 1990 g/mol. The summed E-state index contributed by atoms with van der Waals surface area (Å²) in [5.74, 6) is 1.26. The van der Waals surface area contributed by atoms with Crippen molar-refractivity contribution in [2.75, 3.05) is 61.0 Å². The zero-order valence-corrected chi connectivity index (χ0v) is 89.6. The Labute approximate surface area is 852 Å². The van der Waals surface area contributed by atoms with Crippen LogP contribution < -0.4 is 0 Å². The normalized spacial score (nSPS) is 26.3. The number of aliphatic hydroxyl groups excluding tert-OH is 1. The molecule has 7 heterocycles. The standard InChI is InChI=1S/C21H34O3.C21H30O3.C20H32O3.C16H26O4.C15H24O4.C13H22O4.C11H18O4/c2*1-16(2)20(22)24-21(19-14-9-15-23-19,17-10-5-3-6-11-17)18-12-7-4-8-13-18;1-2-19(21)23-20(18-14-9-15-22-18,16-10-5-3-6-11-16)17-12-7-4-8-13-17;1-12(2)15(17)20-16(9-5-4-6-10-16)14-8-7-13(19-14)11-18-3;1-11(2)14(16)19-15(8-4-5-9-15)13-7-6-12(18-13)10-17-3;1-9(2)12(14)17-13(3,4)11-7-6-10(16-11)8-15-5;1-4-10(13)15-11(2,3)9-6-5-8(7-12)14-9/h17-19H,1,3-15H2,2H3;9,14-15,17-18H,1,3-8,10-13H2,2H3;2,16-18H,1,3-15H2;13-14H,1,4-11H2,2-3H3;12-13H,1,4-10H2,2-3H3;10-11H,1,6-8H2,2-5H3;4,8-9,12H,1,5-7H2,2-3H3. The highest BCUT2D eigenvalue weighted by Crippen LogP contribution is 2.56. The van der Waals surface area contributed by atoms with E-state index in [1.54, 1.807) is 76.1 Å². The fourth-order valence-corrected chi connectivity index (χ4v) is 25.6. The van der Waals surface area contributed by atoms with Crippen molar-refractivity contribution in [3.8, 4) is 0 Å². The van der Waals surface area contributed by atoms with Crippen molar-refractivity contribution in [2.24, 2.45) is 35.5 Å². The molecule has 142 heavy (non-hydrogen) atoms. The van der Waals surface area contributed by atoms with Crippen LogP contribution in [-0.2, 0) is 115 Å². The molecule has 0 spiro atoms. The van der Waals surface area contributed by atoms with Gasteiger partial charge in [-0.05, 0) is 280 Å². The Morgan fingerprint density at radius 3 is 0.993 bits per heavy atom. The smallest absolute Gasteiger partial charge is 0.334 e. The molecule has 10 unspecified atom stereocenters. The van der Waals surface area contributed by atoms with Crippen molar-refractivity contribution in [3.05, 3.63) is 110 Å². The van der Waals surface area contributed by atoms with Crippen molar-refractivity contribution in [3.63, 3.8) is 0 Å². The Kier molecular flexibility index (Phi) is 49.3. The average molecular weight is 1990 g/mol. The quantitative estimate of drug-likeness (QED) is 0.0381. The third-order valence-corrected chi connectivity index (χ3v) is 32.9. The average Bonchev–Trinajstić information content (AvgIpc) is 1.20. The van der Waals surface area contributed by atoms with E-state index in [1.807, 2.05) is 26.0 Å². The lowest BCUT2D eigenvalue weighted by Gasteiger charge is -2.51. The van der Waals surface area contributed by atoms with Crippen LogP contribution in [0.1, 0.15) is 396 Å². The zero-order chi connectivity index (χ0) is 103. The number of aliphatic hydroxyl groups is 1. The Morgan fingerprint density at radius 2 is 0.662 bits per heavy atom. The van der Waals surface area contributed by atoms with Crippen LogP contribution in [-0.4, -0.2) is 203 Å². The van der Waals surface area contributed by atoms with Crippen molar-refractivity contribution < 1.29 is 119 Å². The molecule has 804 valence electrons. The molecule has 8 saturated carbocycles. The van der Waals surface area contributed by atoms with Crippen LogP contribution in [0, 0.1) is 35.5 Å². The second-order valence-corrected chi connectivity index (χ2v) is 44.5. The molecule has 6 aliphatic heterocycles. The van der Waals surface area contributed by atoms with Crippen LogP contribution in [0.15, 0.2) is 109 Å². The minimum atomic E-state index is -0.671. The van der Waals surface area contributed by atoms with E-state index in [0.717, 1.165) is 179 Å². The van der Waals surface area contributed by atoms with Gasteiger partial charge in [-0.2, -0.15) is 0 Å². The van der Waals surface area contributed by atoms with Gasteiger partial charge >= 0.3 is 41.8 Å². The molecule has 15 rings (SSSR count). The fraction of sp³-hybridized carbons (Fsp3) is 0.786. The minimum Gasteiger partial charge on any atom is -0.465 e. The van der Waals surface area contributed by atoms with Crippen LogP contribution in [0.4, 0.5) is 0 Å². The summed E-state index contributed by atoms with van der Waals surface area (Å²) in [5.41, 5.74) is -1.29. The minimum absolute atomic E-state index is 0.00579. The van der Waals surface area contributed by atoms with E-state index in [9.17, 15) is 33.6 Å². The highest BCUT2D eigenvalue weighted by atomic mass is 16.6. The summed E-state index contributed by atoms with van der Waals surface area (Å²) >= 11 is 0. The predicted octanol–water partition coefficient (Wildman–Crippen LogP) is 24.5. The third kappa shape index (κ3) is 33.2. The van der Waals surface area contributed by atoms with Gasteiger partial charge in [0.1, 0.15) is 39.4 Å². The molecule has 0 amide bonds. The largest absolute Gasteiger partial charge is 0.465 e. The van der Waals surface area contributed by atoms with Gasteiger partial charge in [-0.15, -0.1) is 0 Å². The first kappa shape index (κ1) is 119. The number of carbonyl (C=O) groups is 7. The number of hydrogen-bond donors (Lipinski definition) is 1. The lowest BCUT2D eigenvalue weighted by atomic mass is 9.63. The van der Waals surface area contributed by atoms with Gasteiger partial charge < -0.3 is 85.3 Å². The molecule has 8 aliphatic carbocycles. The van der Waals surface area contributed by atoms with E-state index in [-0.39, 0.29) is 103 Å². The summed E-state index contributed by atoms with van der Waals surface area (Å²) in [7, 11) is 5.03. The van der Waals surface area contributed by atoms with Gasteiger partial charge in [0, 0.05) is 110 Å². The third-order valence-electron chi connectivity index (χ3n) is 32.9. The van der Waals surface area contributed by atoms with Gasteiger partial charge in [-0.25, -0.2) is 33.6 Å². The van der Waals surface area contributed by atoms with Gasteiger partial charge in [-0.3, -0.25) is 0 Å². The Hall–Kier alpha value is -6.65. The number of hydrogen-bond acceptors (Lipinski definition) is 25. The van der Waals surface area contributed by atoms with E-state index in [1.165, 1.54) is 179 Å². The van der Waals surface area contributed by atoms with Gasteiger partial charge in [0.2, 0.25) is 0 Å². The Bertz CT molecular complexity index is 4000. The molecule has 0 aromatic carbocycles. The topological polar surface area (TPSA) is 301 Å². The van der Waals surface area contributed by atoms with E-state index >= 15 is 0 Å². The molecule has 25 heteroatoms. The molecule has 25 nitrogen and oxygen atoms in total. The van der Waals surface area contributed by atoms with Crippen molar-refractivity contribution in [1.29, 1.82) is 0 Å². The molecule has 14 aliphatic rings. The van der Waals surface area contributed by atoms with Crippen LogP contribution in [0.2, 0.25) is 0 Å². The molecule has 1 N–H and O–H groups in total. The van der Waals surface area contributed by atoms with Crippen LogP contribution in [0.5, 0.6) is 0 Å². The van der Waals surface area contributed by atoms with E-state index in [4.69, 9.17) is 85.3 Å². The number of carbonyl (C=O) groups excluding carboxylic acids is 7. The SMILES string of the molecule is C=C(C)C(=O)OC(C)(C)C1CCC(COC)O1.C=C(C)C(=O)OC(C1CCCCC1)(C1CCCCC1)C1CCCO1.C=C(C)C(=O)OC(c1ccco1)(C1CCCCC1)C1CCCCC1.C=C(C)C(=O)OC1(C2CCC(COC)O2)CCCC1.C=C(C)C(=O)OC1(C2CCC(COC)O2)CCCCC1.C=CC(=O)OC(C)(C)C1CCC(CO)O1.C=CC(=O)OC(C1CCCCC1)(C1CCCCC1)C1CCCO1. The molecule has 14 fully saturated rings. The molecule has 6 saturated heterocycles. The van der Waals surface area contributed by atoms with Gasteiger partial charge in [0.25, 0.3) is 0 Å². The molecule has 1 aromatic heterocycles. The molecular formula is C117H186O25. The summed E-state index contributed by atoms with van der Waals surface area (Å²) in [6, 6.07) is 3.93. The fourth-order valence-electron chi connectivity index (χ4n) is 25.6. The van der Waals surface area contributed by atoms with E-state index in [0.29, 0.717) is 83.2 Å². The Morgan fingerprint density at radius 1 is 0.352 bits per heavy atom. The Balaban J connectivity index is 0.000000186. The van der Waals surface area contributed by atoms with Gasteiger partial charge in [0.15, 0.2) is 5.60 Å². The maximum Gasteiger partial charge on any atom is 0.334 e. The van der Waals surface area contributed by atoms with Gasteiger partial charge in [0.05, 0.1) is 93.7 Å². The molecular weight excluding hydrogens is 1810 g/mol. The number of esters is 7. The van der Waals surface area contributed by atoms with Crippen molar-refractivity contribution >= 4 is 41.8 Å². The van der Waals surface area contributed by atoms with Crippen LogP contribution in [0.25, 0.3) is 0 Å².